The molecule has 1 N–H and O–H groups in total. The highest BCUT2D eigenvalue weighted by Gasteiger charge is 2.46. The first-order valence-corrected chi connectivity index (χ1v) is 6.85. The van der Waals surface area contributed by atoms with E-state index in [1.807, 2.05) is 42.3 Å². The number of amides is 2. The number of pyridine rings is 1. The van der Waals surface area contributed by atoms with Crippen LogP contribution in [0.15, 0.2) is 66.5 Å². The number of imide groups is 1. The highest BCUT2D eigenvalue weighted by molar-refractivity contribution is 6.14. The summed E-state index contributed by atoms with van der Waals surface area (Å²) in [6.07, 6.45) is 3.51. The van der Waals surface area contributed by atoms with Crippen molar-refractivity contribution in [2.75, 3.05) is 0 Å². The van der Waals surface area contributed by atoms with Gasteiger partial charge < -0.3 is 5.41 Å². The molecule has 0 unspecified atom stereocenters. The molecule has 1 aliphatic heterocycles. The van der Waals surface area contributed by atoms with E-state index in [4.69, 9.17) is 0 Å². The van der Waals surface area contributed by atoms with Gasteiger partial charge in [-0.25, -0.2) is 0 Å². The Balaban J connectivity index is 2.18. The van der Waals surface area contributed by atoms with E-state index in [9.17, 15) is 15.0 Å². The predicted octanol–water partition coefficient (Wildman–Crippen LogP) is 1.12. The highest BCUT2D eigenvalue weighted by atomic mass is 16.2. The van der Waals surface area contributed by atoms with Gasteiger partial charge in [-0.05, 0) is 5.56 Å². The molecule has 1 aliphatic rings. The van der Waals surface area contributed by atoms with Crippen molar-refractivity contribution in [3.63, 3.8) is 0 Å². The van der Waals surface area contributed by atoms with Crippen molar-refractivity contribution in [1.82, 2.24) is 5.32 Å². The molecule has 0 bridgehead atoms. The minimum atomic E-state index is -0.670. The zero-order valence-electron chi connectivity index (χ0n) is 11.6. The third-order valence-electron chi connectivity index (χ3n) is 3.72. The lowest BCUT2D eigenvalue weighted by Gasteiger charge is -2.28. The van der Waals surface area contributed by atoms with Crippen LogP contribution in [0.1, 0.15) is 17.5 Å². The number of carbonyl (C=O) groups is 2. The summed E-state index contributed by atoms with van der Waals surface area (Å²) in [4.78, 5) is 24.4. The van der Waals surface area contributed by atoms with Gasteiger partial charge in [0, 0.05) is 12.1 Å². The van der Waals surface area contributed by atoms with Gasteiger partial charge in [-0.1, -0.05) is 36.4 Å². The Hall–Kier alpha value is -3.04. The van der Waals surface area contributed by atoms with E-state index in [1.54, 1.807) is 29.1 Å². The summed E-state index contributed by atoms with van der Waals surface area (Å²) in [5.74, 6) is 0.339. The van der Waals surface area contributed by atoms with Gasteiger partial charge in [-0.15, -0.1) is 0 Å². The van der Waals surface area contributed by atoms with Crippen LogP contribution in [0.2, 0.25) is 0 Å². The largest absolute Gasteiger partial charge is 0.763 e. The maximum Gasteiger partial charge on any atom is 0.296 e. The van der Waals surface area contributed by atoms with Crippen LogP contribution in [-0.4, -0.2) is 17.7 Å². The van der Waals surface area contributed by atoms with Crippen LogP contribution < -0.4 is 9.88 Å². The zero-order valence-corrected chi connectivity index (χ0v) is 11.6. The molecule has 1 fully saturated rings. The summed E-state index contributed by atoms with van der Waals surface area (Å²) in [6.45, 7) is 0. The molecular weight excluding hydrogens is 278 g/mol. The van der Waals surface area contributed by atoms with Crippen molar-refractivity contribution >= 4 is 17.7 Å². The Morgan fingerprint density at radius 2 is 1.64 bits per heavy atom. The summed E-state index contributed by atoms with van der Waals surface area (Å²) >= 11 is 0. The first-order chi connectivity index (χ1) is 10.7. The monoisotopic (exact) mass is 291 g/mol. The molecule has 2 heterocycles. The Morgan fingerprint density at radius 3 is 2.27 bits per heavy atom. The lowest BCUT2D eigenvalue weighted by atomic mass is 9.81. The number of piperidine rings is 1. The molecule has 0 saturated carbocycles. The van der Waals surface area contributed by atoms with Crippen LogP contribution in [0.5, 0.6) is 0 Å². The summed E-state index contributed by atoms with van der Waals surface area (Å²) in [7, 11) is 0. The van der Waals surface area contributed by atoms with Gasteiger partial charge in [0.25, 0.3) is 11.8 Å². The minimum absolute atomic E-state index is 0.0483. The maximum absolute atomic E-state index is 12.4. The maximum atomic E-state index is 12.4. The molecule has 1 saturated heterocycles. The Labute approximate surface area is 127 Å². The van der Waals surface area contributed by atoms with Gasteiger partial charge >= 0.3 is 0 Å². The molecule has 22 heavy (non-hydrogen) atoms. The zero-order chi connectivity index (χ0) is 15.5. The van der Waals surface area contributed by atoms with Gasteiger partial charge in [-0.3, -0.25) is 20.8 Å². The van der Waals surface area contributed by atoms with Crippen molar-refractivity contribution in [2.45, 2.75) is 12.0 Å². The highest BCUT2D eigenvalue weighted by Crippen LogP contribution is 2.34. The minimum Gasteiger partial charge on any atom is -0.763 e. The Morgan fingerprint density at radius 1 is 1.00 bits per heavy atom. The first kappa shape index (κ1) is 13.9. The van der Waals surface area contributed by atoms with Crippen LogP contribution in [0, 0.1) is 0 Å². The van der Waals surface area contributed by atoms with Crippen molar-refractivity contribution in [2.24, 2.45) is 0 Å². The van der Waals surface area contributed by atoms with E-state index in [-0.39, 0.29) is 5.57 Å². The number of benzene rings is 1. The van der Waals surface area contributed by atoms with Crippen LogP contribution in [-0.2, 0) is 9.59 Å². The van der Waals surface area contributed by atoms with Crippen molar-refractivity contribution < 1.29 is 14.2 Å². The van der Waals surface area contributed by atoms with E-state index in [0.717, 1.165) is 5.56 Å². The summed E-state index contributed by atoms with van der Waals surface area (Å²) < 4.78 is 1.72. The molecule has 2 atom stereocenters. The van der Waals surface area contributed by atoms with Crippen LogP contribution in [0.3, 0.4) is 0 Å². The molecule has 1 aromatic carbocycles. The molecule has 5 heteroatoms. The van der Waals surface area contributed by atoms with Crippen LogP contribution >= 0.6 is 0 Å². The Kier molecular flexibility index (Phi) is 3.64. The fourth-order valence-corrected chi connectivity index (χ4v) is 2.74. The molecule has 1 aromatic heterocycles. The summed E-state index contributed by atoms with van der Waals surface area (Å²) in [5.41, 5.74) is 0.816. The lowest BCUT2D eigenvalue weighted by molar-refractivity contribution is -0.711. The fraction of sp³-hybridized carbons (Fsp3) is 0.118. The van der Waals surface area contributed by atoms with Gasteiger partial charge in [-0.2, -0.15) is 4.57 Å². The van der Waals surface area contributed by atoms with E-state index in [2.05, 4.69) is 5.32 Å². The van der Waals surface area contributed by atoms with Gasteiger partial charge in [0.05, 0.1) is 11.5 Å². The molecular formula is C17H13N3O2. The van der Waals surface area contributed by atoms with Gasteiger partial charge in [0.15, 0.2) is 12.4 Å². The van der Waals surface area contributed by atoms with Crippen molar-refractivity contribution in [3.05, 3.63) is 77.5 Å². The average Bonchev–Trinajstić information content (AvgIpc) is 2.56. The molecule has 2 aromatic rings. The molecule has 3 rings (SSSR count). The second kappa shape index (κ2) is 5.76. The third kappa shape index (κ3) is 2.34. The number of nitrogens with zero attached hydrogens (tertiary/aromatic N) is 2. The number of carbonyl (C=O) groups excluding carboxylic acids is 2. The molecule has 0 spiro atoms. The molecule has 0 aliphatic carbocycles. The second-order valence-corrected chi connectivity index (χ2v) is 5.00. The number of rotatable bonds is 2. The SMILES string of the molecule is [N-]=C=C1C(=O)NC(=O)[C@@H]([n+]2ccccc2)[C@@H]1c1ccccc1. The Bertz CT molecular complexity index is 765. The molecule has 0 radical (unpaired) electrons. The third-order valence-corrected chi connectivity index (χ3v) is 3.72. The van der Waals surface area contributed by atoms with E-state index < -0.39 is 23.8 Å². The molecule has 2 amide bonds. The van der Waals surface area contributed by atoms with E-state index in [1.165, 1.54) is 0 Å². The van der Waals surface area contributed by atoms with Crippen molar-refractivity contribution in [3.8, 4) is 0 Å². The summed E-state index contributed by atoms with van der Waals surface area (Å²) in [6, 6.07) is 13.9. The van der Waals surface area contributed by atoms with Gasteiger partial charge in [0.2, 0.25) is 6.04 Å². The van der Waals surface area contributed by atoms with Crippen LogP contribution in [0.25, 0.3) is 5.41 Å². The van der Waals surface area contributed by atoms with Crippen LogP contribution in [0.4, 0.5) is 0 Å². The number of hydrogen-bond donors (Lipinski definition) is 1. The first-order valence-electron chi connectivity index (χ1n) is 6.85. The van der Waals surface area contributed by atoms with E-state index in [0.29, 0.717) is 0 Å². The normalized spacial score (nSPS) is 21.2. The smallest absolute Gasteiger partial charge is 0.296 e. The number of nitrogens with one attached hydrogen (secondary N) is 1. The van der Waals surface area contributed by atoms with E-state index >= 15 is 0 Å². The standard InChI is InChI=1S/C17H13N3O2/c18-11-13-14(12-7-3-1-4-8-12)15(17(22)19-16(13)21)20-9-5-2-6-10-20/h1-10,14-15H,(H,19,21,22)/t14-,15+/m1/s1. The number of hydrogen-bond acceptors (Lipinski definition) is 2. The van der Waals surface area contributed by atoms with Gasteiger partial charge in [0.1, 0.15) is 0 Å². The number of aromatic nitrogens is 1. The van der Waals surface area contributed by atoms with Crippen molar-refractivity contribution in [1.29, 1.82) is 0 Å². The summed E-state index contributed by atoms with van der Waals surface area (Å²) in [5, 5.41) is 11.6. The second-order valence-electron chi connectivity index (χ2n) is 5.00. The lowest BCUT2D eigenvalue weighted by Crippen LogP contribution is -2.57. The predicted molar refractivity (Wildman–Crippen MR) is 79.9 cm³/mol. The fourth-order valence-electron chi connectivity index (χ4n) is 2.74. The average molecular weight is 291 g/mol. The molecule has 5 nitrogen and oxygen atoms in total. The topological polar surface area (TPSA) is 72.3 Å². The molecule has 108 valence electrons. The quantitative estimate of drug-likeness (QED) is 0.390.